The fourth-order valence-electron chi connectivity index (χ4n) is 11.0. The summed E-state index contributed by atoms with van der Waals surface area (Å²) in [6.45, 7) is 0. The molecule has 12 rings (SSSR count). The number of rotatable bonds is 21. The van der Waals surface area contributed by atoms with E-state index in [1.807, 2.05) is 72.8 Å². The van der Waals surface area contributed by atoms with Gasteiger partial charge in [0.05, 0.1) is 42.7 Å². The molecule has 0 N–H and O–H groups in total. The van der Waals surface area contributed by atoms with Gasteiger partial charge < -0.3 is 48.0 Å². The van der Waals surface area contributed by atoms with E-state index in [4.69, 9.17) is 28.4 Å². The highest BCUT2D eigenvalue weighted by Gasteiger charge is 2.19. The molecule has 88 heavy (non-hydrogen) atoms. The Morgan fingerprint density at radius 1 is 0.136 bits per heavy atom. The van der Waals surface area contributed by atoms with Gasteiger partial charge in [-0.1, -0.05) is 72.8 Å². The first-order valence-electron chi connectivity index (χ1n) is 29.0. The fraction of sp³-hybridized carbons (Fsp3) is 0.0769. The topological polar surface area (TPSA) is 68.3 Å². The van der Waals surface area contributed by atoms with Crippen LogP contribution in [0.1, 0.15) is 0 Å². The molecule has 0 aliphatic heterocycles. The Balaban J connectivity index is 0.853. The molecule has 0 saturated carbocycles. The van der Waals surface area contributed by atoms with Crippen LogP contribution in [0.2, 0.25) is 0 Å². The van der Waals surface area contributed by atoms with Gasteiger partial charge in [0.25, 0.3) is 0 Å². The van der Waals surface area contributed by atoms with E-state index < -0.39 is 0 Å². The zero-order chi connectivity index (χ0) is 60.3. The van der Waals surface area contributed by atoms with Crippen molar-refractivity contribution in [2.45, 2.75) is 0 Å². The monoisotopic (exact) mass is 1150 g/mol. The molecular formula is C78H66N4O6. The number of anilines is 12. The summed E-state index contributed by atoms with van der Waals surface area (Å²) in [5.41, 5.74) is 18.8. The van der Waals surface area contributed by atoms with Crippen LogP contribution in [0, 0.1) is 0 Å². The predicted octanol–water partition coefficient (Wildman–Crippen LogP) is 20.6. The lowest BCUT2D eigenvalue weighted by atomic mass is 10.0. The highest BCUT2D eigenvalue weighted by Crippen LogP contribution is 2.43. The van der Waals surface area contributed by atoms with Crippen LogP contribution in [0.25, 0.3) is 33.4 Å². The maximum atomic E-state index is 5.50. The lowest BCUT2D eigenvalue weighted by Crippen LogP contribution is -2.10. The SMILES string of the molecule is COc1ccc(N(c2ccc(OC)cc2)c2ccc(-c3ccc(N(c4ccc(-c5ccc(N(c6ccc(OC)cc6)c6ccc(OC)cc6)cc5)cc4)c4ccc(-c5ccc(N(c6ccc(OC)cc6)c6ccc(OC)cc6)cc5)cc4)cc3)cc2)cc1. The van der Waals surface area contributed by atoms with Gasteiger partial charge in [0.15, 0.2) is 0 Å². The van der Waals surface area contributed by atoms with E-state index in [9.17, 15) is 0 Å². The van der Waals surface area contributed by atoms with E-state index in [1.165, 1.54) is 0 Å². The number of ether oxygens (including phenoxy) is 6. The minimum atomic E-state index is 0.800. The zero-order valence-corrected chi connectivity index (χ0v) is 50.0. The van der Waals surface area contributed by atoms with Crippen molar-refractivity contribution in [2.75, 3.05) is 62.3 Å². The summed E-state index contributed by atoms with van der Waals surface area (Å²) >= 11 is 0. The van der Waals surface area contributed by atoms with Crippen LogP contribution in [0.3, 0.4) is 0 Å². The van der Waals surface area contributed by atoms with Crippen LogP contribution in [-0.2, 0) is 0 Å². The molecule has 0 radical (unpaired) electrons. The number of nitrogens with zero attached hydrogens (tertiary/aromatic N) is 4. The zero-order valence-electron chi connectivity index (χ0n) is 50.0. The Hall–Kier alpha value is -11.4. The summed E-state index contributed by atoms with van der Waals surface area (Å²) in [6.07, 6.45) is 0. The minimum absolute atomic E-state index is 0.800. The van der Waals surface area contributed by atoms with Crippen LogP contribution in [0.4, 0.5) is 68.2 Å². The van der Waals surface area contributed by atoms with E-state index in [0.29, 0.717) is 0 Å². The average Bonchev–Trinajstić information content (AvgIpc) is 2.35. The van der Waals surface area contributed by atoms with Gasteiger partial charge in [0.1, 0.15) is 34.5 Å². The van der Waals surface area contributed by atoms with Crippen LogP contribution in [-0.4, -0.2) is 42.7 Å². The van der Waals surface area contributed by atoms with E-state index in [2.05, 4.69) is 238 Å². The molecule has 0 bridgehead atoms. The molecular weight excluding hydrogens is 1090 g/mol. The van der Waals surface area contributed by atoms with E-state index >= 15 is 0 Å². The lowest BCUT2D eigenvalue weighted by molar-refractivity contribution is 0.414. The highest BCUT2D eigenvalue weighted by atomic mass is 16.5. The Morgan fingerprint density at radius 3 is 0.318 bits per heavy atom. The van der Waals surface area contributed by atoms with Crippen molar-refractivity contribution in [3.63, 3.8) is 0 Å². The quantitative estimate of drug-likeness (QED) is 0.0695. The number of hydrogen-bond acceptors (Lipinski definition) is 10. The van der Waals surface area contributed by atoms with Gasteiger partial charge in [0.2, 0.25) is 0 Å². The first kappa shape index (κ1) is 57.1. The Labute approximate surface area is 515 Å². The van der Waals surface area contributed by atoms with Crippen molar-refractivity contribution >= 4 is 68.2 Å². The standard InChI is InChI=1S/C78H66N4O6/c1-83-73-43-31-67(32-44-73)80(68-33-45-74(84-2)46-34-68)64-25-13-58(14-26-64)55-7-19-61(20-8-55)79(62-21-9-56(10-22-62)59-15-27-65(28-16-59)81(69-35-47-75(85-3)48-36-69)70-37-49-76(86-4)50-38-70)63-23-11-57(12-24-63)60-17-29-66(30-18-60)82(71-39-51-77(87-5)52-40-71)72-41-53-78(88-6)54-42-72/h7-54H,1-6H3. The number of methoxy groups -OCH3 is 6. The van der Waals surface area contributed by atoms with Crippen LogP contribution < -0.4 is 48.0 Å². The third-order valence-electron chi connectivity index (χ3n) is 15.7. The summed E-state index contributed by atoms with van der Waals surface area (Å²) in [5.74, 6) is 4.80. The molecule has 0 aliphatic carbocycles. The van der Waals surface area contributed by atoms with Gasteiger partial charge in [-0.25, -0.2) is 0 Å². The third kappa shape index (κ3) is 12.4. The summed E-state index contributed by atoms with van der Waals surface area (Å²) in [5, 5.41) is 0. The Bertz CT molecular complexity index is 3600. The molecule has 0 aromatic heterocycles. The summed E-state index contributed by atoms with van der Waals surface area (Å²) in [6, 6.07) is 101. The summed E-state index contributed by atoms with van der Waals surface area (Å²) in [7, 11) is 10.1. The van der Waals surface area contributed by atoms with Crippen LogP contribution in [0.5, 0.6) is 34.5 Å². The van der Waals surface area contributed by atoms with Crippen molar-refractivity contribution < 1.29 is 28.4 Å². The molecule has 0 saturated heterocycles. The van der Waals surface area contributed by atoms with Gasteiger partial charge in [0, 0.05) is 68.2 Å². The Kier molecular flexibility index (Phi) is 17.0. The second kappa shape index (κ2) is 26.3. The summed E-state index contributed by atoms with van der Waals surface area (Å²) < 4.78 is 33.0. The van der Waals surface area contributed by atoms with E-state index in [0.717, 1.165) is 136 Å². The molecule has 0 atom stereocenters. The second-order valence-electron chi connectivity index (χ2n) is 20.8. The first-order chi connectivity index (χ1) is 43.3. The smallest absolute Gasteiger partial charge is 0.119 e. The first-order valence-corrected chi connectivity index (χ1v) is 29.0. The third-order valence-corrected chi connectivity index (χ3v) is 15.7. The molecule has 434 valence electrons. The number of benzene rings is 12. The van der Waals surface area contributed by atoms with Crippen molar-refractivity contribution in [1.29, 1.82) is 0 Å². The van der Waals surface area contributed by atoms with Gasteiger partial charge in [-0.05, 0) is 252 Å². The fourth-order valence-corrected chi connectivity index (χ4v) is 11.0. The maximum Gasteiger partial charge on any atom is 0.119 e. The van der Waals surface area contributed by atoms with Crippen LogP contribution >= 0.6 is 0 Å². The van der Waals surface area contributed by atoms with Crippen molar-refractivity contribution in [3.8, 4) is 67.9 Å². The molecule has 10 heteroatoms. The van der Waals surface area contributed by atoms with Crippen molar-refractivity contribution in [2.24, 2.45) is 0 Å². The maximum absolute atomic E-state index is 5.50. The molecule has 10 nitrogen and oxygen atoms in total. The second-order valence-corrected chi connectivity index (χ2v) is 20.8. The highest BCUT2D eigenvalue weighted by molar-refractivity contribution is 5.85. The minimum Gasteiger partial charge on any atom is -0.497 e. The van der Waals surface area contributed by atoms with Gasteiger partial charge >= 0.3 is 0 Å². The van der Waals surface area contributed by atoms with Crippen molar-refractivity contribution in [3.05, 3.63) is 291 Å². The average molecular weight is 1160 g/mol. The van der Waals surface area contributed by atoms with Crippen molar-refractivity contribution in [1.82, 2.24) is 0 Å². The summed E-state index contributed by atoms with van der Waals surface area (Å²) in [4.78, 5) is 9.01. The van der Waals surface area contributed by atoms with E-state index in [-0.39, 0.29) is 0 Å². The van der Waals surface area contributed by atoms with Gasteiger partial charge in [-0.3, -0.25) is 0 Å². The molecule has 0 heterocycles. The lowest BCUT2D eigenvalue weighted by Gasteiger charge is -2.27. The molecule has 0 spiro atoms. The molecule has 0 unspecified atom stereocenters. The molecule has 12 aromatic rings. The molecule has 0 amide bonds. The van der Waals surface area contributed by atoms with Crippen LogP contribution in [0.15, 0.2) is 291 Å². The molecule has 0 fully saturated rings. The molecule has 12 aromatic carbocycles. The largest absolute Gasteiger partial charge is 0.497 e. The molecule has 0 aliphatic rings. The normalized spacial score (nSPS) is 10.8. The van der Waals surface area contributed by atoms with Gasteiger partial charge in [-0.2, -0.15) is 0 Å². The number of hydrogen-bond donors (Lipinski definition) is 0. The predicted molar refractivity (Wildman–Crippen MR) is 361 cm³/mol. The van der Waals surface area contributed by atoms with Gasteiger partial charge in [-0.15, -0.1) is 0 Å². The Morgan fingerprint density at radius 2 is 0.227 bits per heavy atom. The van der Waals surface area contributed by atoms with E-state index in [1.54, 1.807) is 42.7 Å².